The number of ether oxygens (including phenoxy) is 6. The summed E-state index contributed by atoms with van der Waals surface area (Å²) in [7, 11) is 6.72. The number of nitrogens with zero attached hydrogens (tertiary/aromatic N) is 2. The van der Waals surface area contributed by atoms with Crippen LogP contribution in [-0.4, -0.2) is 52.3 Å². The van der Waals surface area contributed by atoms with Gasteiger partial charge in [-0.2, -0.15) is 0 Å². The van der Waals surface area contributed by atoms with Crippen molar-refractivity contribution in [2.45, 2.75) is 57.4 Å². The summed E-state index contributed by atoms with van der Waals surface area (Å²) in [5, 5.41) is 0. The average Bonchev–Trinajstić information content (AvgIpc) is 3.72. The molecule has 8 nitrogen and oxygen atoms in total. The average molecular weight is 722 g/mol. The molecule has 0 aromatic heterocycles. The van der Waals surface area contributed by atoms with Crippen LogP contribution in [0, 0.1) is 11.8 Å². The first-order valence-electron chi connectivity index (χ1n) is 16.8. The SMILES string of the molecule is COc1ccccc1C1(c2ccccc2OC)OC(CC2=N[C@H](C(C)C)C(c3ccccc3OC)(c3ccccc3OC)O2)=N[C@@H]1C(C)C.[Ni]. The number of aliphatic imine (C=N–C) groups is 2. The molecule has 0 unspecified atom stereocenters. The molecule has 2 heterocycles. The van der Waals surface area contributed by atoms with E-state index in [1.165, 1.54) is 0 Å². The molecule has 0 bridgehead atoms. The standard InChI is InChI=1S/C41H46N2O6.Ni/c1-26(2)38-40(28-17-9-13-21-32(28)44-5,29-18-10-14-22-33(29)45-6)48-36(42-38)25-37-43-39(27(3)4)41(49-37,30-19-11-15-23-34(30)46-7)31-20-12-16-24-35(31)47-8;/h9-24,26-27,38-39H,25H2,1-8H3;/t38-,39-;/m1./s1. The Morgan fingerprint density at radius 3 is 1.00 bits per heavy atom. The maximum absolute atomic E-state index is 7.19. The van der Waals surface area contributed by atoms with Crippen molar-refractivity contribution in [3.63, 3.8) is 0 Å². The molecular weight excluding hydrogens is 675 g/mol. The molecule has 0 saturated heterocycles. The van der Waals surface area contributed by atoms with E-state index < -0.39 is 11.2 Å². The van der Waals surface area contributed by atoms with Crippen LogP contribution < -0.4 is 18.9 Å². The van der Waals surface area contributed by atoms with E-state index in [2.05, 4.69) is 27.7 Å². The molecule has 2 aliphatic rings. The van der Waals surface area contributed by atoms with Crippen molar-refractivity contribution in [1.29, 1.82) is 0 Å². The zero-order chi connectivity index (χ0) is 34.8. The van der Waals surface area contributed by atoms with Crippen LogP contribution in [0.25, 0.3) is 0 Å². The van der Waals surface area contributed by atoms with Gasteiger partial charge in [-0.05, 0) is 36.1 Å². The summed E-state index contributed by atoms with van der Waals surface area (Å²) in [4.78, 5) is 10.6. The van der Waals surface area contributed by atoms with E-state index in [-0.39, 0.29) is 46.8 Å². The van der Waals surface area contributed by atoms with Gasteiger partial charge in [0.25, 0.3) is 0 Å². The van der Waals surface area contributed by atoms with Gasteiger partial charge in [0.05, 0.1) is 34.9 Å². The smallest absolute Gasteiger partial charge is 0.194 e. The Kier molecular flexibility index (Phi) is 11.2. The fraction of sp³-hybridized carbons (Fsp3) is 0.366. The maximum Gasteiger partial charge on any atom is 0.194 e. The summed E-state index contributed by atoms with van der Waals surface area (Å²) in [6, 6.07) is 31.2. The largest absolute Gasteiger partial charge is 0.496 e. The number of hydrogen-bond donors (Lipinski definition) is 0. The Morgan fingerprint density at radius 2 is 0.760 bits per heavy atom. The van der Waals surface area contributed by atoms with Crippen LogP contribution in [-0.2, 0) is 37.2 Å². The minimum absolute atomic E-state index is 0. The van der Waals surface area contributed by atoms with Crippen LogP contribution >= 0.6 is 0 Å². The van der Waals surface area contributed by atoms with Gasteiger partial charge in [-0.1, -0.05) is 100 Å². The zero-order valence-electron chi connectivity index (χ0n) is 29.9. The Balaban J connectivity index is 0.00000486. The predicted octanol–water partition coefficient (Wildman–Crippen LogP) is 8.20. The first-order valence-corrected chi connectivity index (χ1v) is 16.8. The van der Waals surface area contributed by atoms with Crippen LogP contribution in [0.2, 0.25) is 0 Å². The zero-order valence-corrected chi connectivity index (χ0v) is 30.9. The minimum atomic E-state index is -1.04. The van der Waals surface area contributed by atoms with E-state index in [9.17, 15) is 0 Å². The maximum atomic E-state index is 7.19. The summed E-state index contributed by atoms with van der Waals surface area (Å²) >= 11 is 0. The molecule has 0 N–H and O–H groups in total. The quantitative estimate of drug-likeness (QED) is 0.137. The third-order valence-electron chi connectivity index (χ3n) is 9.55. The summed E-state index contributed by atoms with van der Waals surface area (Å²) < 4.78 is 38.1. The number of benzene rings is 4. The van der Waals surface area contributed by atoms with E-state index in [1.807, 2.05) is 97.1 Å². The van der Waals surface area contributed by atoms with Gasteiger partial charge < -0.3 is 28.4 Å². The van der Waals surface area contributed by atoms with Crippen LogP contribution in [0.1, 0.15) is 56.4 Å². The second kappa shape index (κ2) is 15.2. The van der Waals surface area contributed by atoms with Crippen molar-refractivity contribution >= 4 is 11.8 Å². The van der Waals surface area contributed by atoms with Gasteiger partial charge in [-0.25, -0.2) is 9.98 Å². The summed E-state index contributed by atoms with van der Waals surface area (Å²) in [6.45, 7) is 8.64. The normalized spacial score (nSPS) is 18.8. The molecule has 2 atom stereocenters. The van der Waals surface area contributed by atoms with Crippen LogP contribution in [0.3, 0.4) is 0 Å². The van der Waals surface area contributed by atoms with Crippen molar-refractivity contribution in [1.82, 2.24) is 0 Å². The van der Waals surface area contributed by atoms with Crippen LogP contribution in [0.4, 0.5) is 0 Å². The second-order valence-electron chi connectivity index (χ2n) is 13.1. The monoisotopic (exact) mass is 720 g/mol. The van der Waals surface area contributed by atoms with Gasteiger partial charge in [-0.15, -0.1) is 0 Å². The van der Waals surface area contributed by atoms with Gasteiger partial charge in [0.2, 0.25) is 0 Å². The molecular formula is C41H46N2NiO6. The van der Waals surface area contributed by atoms with Gasteiger partial charge in [0.15, 0.2) is 23.0 Å². The molecule has 0 amide bonds. The molecule has 9 heteroatoms. The molecule has 50 heavy (non-hydrogen) atoms. The third-order valence-corrected chi connectivity index (χ3v) is 9.55. The predicted molar refractivity (Wildman–Crippen MR) is 192 cm³/mol. The molecule has 0 saturated carbocycles. The summed E-state index contributed by atoms with van der Waals surface area (Å²) in [5.74, 6) is 4.03. The van der Waals surface area contributed by atoms with Gasteiger partial charge in [-0.3, -0.25) is 0 Å². The van der Waals surface area contributed by atoms with Gasteiger partial charge in [0, 0.05) is 38.7 Å². The molecule has 266 valence electrons. The van der Waals surface area contributed by atoms with Crippen molar-refractivity contribution < 1.29 is 44.9 Å². The molecule has 2 aliphatic heterocycles. The number of hydrogen-bond acceptors (Lipinski definition) is 8. The number of methoxy groups -OCH3 is 4. The van der Waals surface area contributed by atoms with Crippen molar-refractivity contribution in [2.24, 2.45) is 21.8 Å². The molecule has 0 radical (unpaired) electrons. The van der Waals surface area contributed by atoms with Gasteiger partial charge in [0.1, 0.15) is 35.1 Å². The van der Waals surface area contributed by atoms with E-state index in [0.717, 1.165) is 22.3 Å². The molecule has 4 aromatic rings. The van der Waals surface area contributed by atoms with Crippen molar-refractivity contribution in [2.75, 3.05) is 28.4 Å². The van der Waals surface area contributed by atoms with E-state index >= 15 is 0 Å². The number of para-hydroxylation sites is 4. The second-order valence-corrected chi connectivity index (χ2v) is 13.1. The first kappa shape index (κ1) is 36.8. The van der Waals surface area contributed by atoms with E-state index in [4.69, 9.17) is 38.4 Å². The number of rotatable bonds is 12. The van der Waals surface area contributed by atoms with Crippen molar-refractivity contribution in [3.05, 3.63) is 119 Å². The topological polar surface area (TPSA) is 80.1 Å². The van der Waals surface area contributed by atoms with Crippen LogP contribution in [0.5, 0.6) is 23.0 Å². The van der Waals surface area contributed by atoms with E-state index in [0.29, 0.717) is 34.8 Å². The third kappa shape index (κ3) is 6.10. The van der Waals surface area contributed by atoms with Crippen LogP contribution in [0.15, 0.2) is 107 Å². The van der Waals surface area contributed by atoms with Gasteiger partial charge >= 0.3 is 0 Å². The molecule has 0 aliphatic carbocycles. The first-order chi connectivity index (χ1) is 23.7. The van der Waals surface area contributed by atoms with E-state index in [1.54, 1.807) is 28.4 Å². The molecule has 0 fully saturated rings. The minimum Gasteiger partial charge on any atom is -0.496 e. The fourth-order valence-corrected chi connectivity index (χ4v) is 7.52. The summed E-state index contributed by atoms with van der Waals surface area (Å²) in [5.41, 5.74) is 1.39. The molecule has 0 spiro atoms. The Bertz CT molecular complexity index is 1630. The fourth-order valence-electron chi connectivity index (χ4n) is 7.52. The van der Waals surface area contributed by atoms with Crippen molar-refractivity contribution in [3.8, 4) is 23.0 Å². The molecule has 4 aromatic carbocycles. The summed E-state index contributed by atoms with van der Waals surface area (Å²) in [6.07, 6.45) is 0.241. The molecule has 6 rings (SSSR count). The Labute approximate surface area is 305 Å². The Hall–Kier alpha value is -4.49. The Morgan fingerprint density at radius 1 is 0.500 bits per heavy atom.